The molecule has 0 bridgehead atoms. The summed E-state index contributed by atoms with van der Waals surface area (Å²) in [5, 5.41) is 4.53. The van der Waals surface area contributed by atoms with E-state index in [9.17, 15) is 0 Å². The highest BCUT2D eigenvalue weighted by Crippen LogP contribution is 2.05. The van der Waals surface area contributed by atoms with Gasteiger partial charge in [-0.25, -0.2) is 5.32 Å². The second-order valence-corrected chi connectivity index (χ2v) is 3.97. The van der Waals surface area contributed by atoms with Gasteiger partial charge >= 0.3 is 0 Å². The summed E-state index contributed by atoms with van der Waals surface area (Å²) >= 11 is 0. The van der Waals surface area contributed by atoms with Gasteiger partial charge in [0.1, 0.15) is 0 Å². The Labute approximate surface area is 74.8 Å². The molecular weight excluding hydrogens is 146 g/mol. The quantitative estimate of drug-likeness (QED) is 0.634. The molecule has 0 unspecified atom stereocenters. The minimum absolute atomic E-state index is 0.0792. The maximum Gasteiger partial charge on any atom is 0.0390 e. The minimum atomic E-state index is 0.0792. The lowest BCUT2D eigenvalue weighted by Gasteiger charge is -2.17. The minimum Gasteiger partial charge on any atom is -0.231 e. The van der Waals surface area contributed by atoms with E-state index in [0.717, 1.165) is 6.54 Å². The second-order valence-electron chi connectivity index (χ2n) is 3.97. The highest BCUT2D eigenvalue weighted by molar-refractivity contribution is 5.14. The Kier molecular flexibility index (Phi) is 2.88. The van der Waals surface area contributed by atoms with E-state index in [1.165, 1.54) is 5.56 Å². The van der Waals surface area contributed by atoms with E-state index in [-0.39, 0.29) is 5.54 Å². The van der Waals surface area contributed by atoms with Gasteiger partial charge in [-0.05, 0) is 26.3 Å². The van der Waals surface area contributed by atoms with Crippen LogP contribution in [0.5, 0.6) is 0 Å². The van der Waals surface area contributed by atoms with Crippen molar-refractivity contribution < 1.29 is 0 Å². The average molecular weight is 162 g/mol. The normalized spacial score (nSPS) is 11.6. The van der Waals surface area contributed by atoms with Crippen LogP contribution in [0.2, 0.25) is 0 Å². The molecule has 0 saturated heterocycles. The van der Waals surface area contributed by atoms with Crippen molar-refractivity contribution in [1.82, 2.24) is 5.32 Å². The van der Waals surface area contributed by atoms with Crippen LogP contribution in [-0.4, -0.2) is 5.54 Å². The first kappa shape index (κ1) is 9.27. The zero-order valence-electron chi connectivity index (χ0n) is 8.04. The van der Waals surface area contributed by atoms with E-state index in [1.807, 2.05) is 18.2 Å². The first-order chi connectivity index (χ1) is 5.58. The summed E-state index contributed by atoms with van der Waals surface area (Å²) in [4.78, 5) is 0. The number of hydrogen-bond acceptors (Lipinski definition) is 0. The fourth-order valence-electron chi connectivity index (χ4n) is 0.912. The molecule has 0 heterocycles. The number of hydrogen-bond donors (Lipinski definition) is 0. The third kappa shape index (κ3) is 3.54. The number of nitrogens with zero attached hydrogens (tertiary/aromatic N) is 1. The molecule has 1 aromatic rings. The van der Waals surface area contributed by atoms with Crippen molar-refractivity contribution in [3.63, 3.8) is 0 Å². The molecule has 0 aliphatic rings. The van der Waals surface area contributed by atoms with Crippen LogP contribution >= 0.6 is 0 Å². The average Bonchev–Trinajstić information content (AvgIpc) is 2.02. The molecule has 0 saturated carbocycles. The molecule has 0 aliphatic carbocycles. The van der Waals surface area contributed by atoms with Crippen molar-refractivity contribution >= 4 is 0 Å². The van der Waals surface area contributed by atoms with Gasteiger partial charge in [0.25, 0.3) is 0 Å². The molecule has 1 heteroatoms. The first-order valence-electron chi connectivity index (χ1n) is 4.30. The van der Waals surface area contributed by atoms with Crippen molar-refractivity contribution in [3.8, 4) is 0 Å². The Balaban J connectivity index is 2.44. The molecule has 0 fully saturated rings. The number of benzene rings is 1. The number of rotatable bonds is 2. The second kappa shape index (κ2) is 3.72. The highest BCUT2D eigenvalue weighted by Gasteiger charge is 2.09. The van der Waals surface area contributed by atoms with Crippen LogP contribution in [0, 0.1) is 0 Å². The van der Waals surface area contributed by atoms with Gasteiger partial charge in [0.05, 0.1) is 0 Å². The van der Waals surface area contributed by atoms with Crippen molar-refractivity contribution in [3.05, 3.63) is 35.9 Å². The van der Waals surface area contributed by atoms with Gasteiger partial charge in [-0.15, -0.1) is 0 Å². The van der Waals surface area contributed by atoms with Crippen LogP contribution in [0.25, 0.3) is 0 Å². The Hall–Kier alpha value is -0.820. The van der Waals surface area contributed by atoms with Crippen molar-refractivity contribution in [1.29, 1.82) is 0 Å². The zero-order valence-corrected chi connectivity index (χ0v) is 8.04. The molecule has 0 N–H and O–H groups in total. The van der Waals surface area contributed by atoms with Crippen LogP contribution < -0.4 is 5.32 Å². The van der Waals surface area contributed by atoms with Crippen LogP contribution in [0.1, 0.15) is 26.3 Å². The molecule has 12 heavy (non-hydrogen) atoms. The summed E-state index contributed by atoms with van der Waals surface area (Å²) in [6.45, 7) is 7.19. The predicted octanol–water partition coefficient (Wildman–Crippen LogP) is 2.59. The van der Waals surface area contributed by atoms with E-state index in [2.05, 4.69) is 38.2 Å². The molecule has 0 aromatic heterocycles. The maximum absolute atomic E-state index is 4.53. The van der Waals surface area contributed by atoms with E-state index in [0.29, 0.717) is 0 Å². The Morgan fingerprint density at radius 2 is 1.67 bits per heavy atom. The van der Waals surface area contributed by atoms with Gasteiger partial charge < -0.3 is 0 Å². The molecule has 1 nitrogen and oxygen atoms in total. The molecular formula is C11H16N. The summed E-state index contributed by atoms with van der Waals surface area (Å²) in [6.07, 6.45) is 0. The summed E-state index contributed by atoms with van der Waals surface area (Å²) in [5.74, 6) is 0. The summed E-state index contributed by atoms with van der Waals surface area (Å²) in [6, 6.07) is 10.3. The fraction of sp³-hybridized carbons (Fsp3) is 0.455. The van der Waals surface area contributed by atoms with Crippen molar-refractivity contribution in [2.45, 2.75) is 32.9 Å². The third-order valence-corrected chi connectivity index (χ3v) is 1.58. The lowest BCUT2D eigenvalue weighted by molar-refractivity contribution is 0.413. The molecule has 1 radical (unpaired) electrons. The van der Waals surface area contributed by atoms with Gasteiger partial charge in [0.15, 0.2) is 0 Å². The van der Waals surface area contributed by atoms with Crippen LogP contribution in [0.15, 0.2) is 30.3 Å². The predicted molar refractivity (Wildman–Crippen MR) is 52.0 cm³/mol. The molecule has 0 spiro atoms. The van der Waals surface area contributed by atoms with Gasteiger partial charge in [0, 0.05) is 12.1 Å². The summed E-state index contributed by atoms with van der Waals surface area (Å²) in [7, 11) is 0. The van der Waals surface area contributed by atoms with E-state index >= 15 is 0 Å². The molecule has 0 atom stereocenters. The third-order valence-electron chi connectivity index (χ3n) is 1.58. The standard InChI is InChI=1S/C11H16N/c1-11(2,3)12-9-10-7-5-4-6-8-10/h4-8H,9H2,1-3H3. The SMILES string of the molecule is CC(C)(C)[N]Cc1ccccc1. The molecule has 1 aromatic carbocycles. The van der Waals surface area contributed by atoms with E-state index in [1.54, 1.807) is 0 Å². The van der Waals surface area contributed by atoms with Gasteiger partial charge in [-0.2, -0.15) is 0 Å². The highest BCUT2D eigenvalue weighted by atomic mass is 14.9. The fourth-order valence-corrected chi connectivity index (χ4v) is 0.912. The Bertz CT molecular complexity index is 221. The van der Waals surface area contributed by atoms with Crippen LogP contribution in [0.4, 0.5) is 0 Å². The van der Waals surface area contributed by atoms with Crippen molar-refractivity contribution in [2.24, 2.45) is 0 Å². The van der Waals surface area contributed by atoms with Gasteiger partial charge in [-0.1, -0.05) is 30.3 Å². The maximum atomic E-state index is 4.53. The van der Waals surface area contributed by atoms with E-state index < -0.39 is 0 Å². The Morgan fingerprint density at radius 1 is 1.08 bits per heavy atom. The van der Waals surface area contributed by atoms with E-state index in [4.69, 9.17) is 0 Å². The summed E-state index contributed by atoms with van der Waals surface area (Å²) in [5.41, 5.74) is 1.36. The topological polar surface area (TPSA) is 14.1 Å². The monoisotopic (exact) mass is 162 g/mol. The largest absolute Gasteiger partial charge is 0.231 e. The lowest BCUT2D eigenvalue weighted by atomic mass is 10.1. The van der Waals surface area contributed by atoms with Gasteiger partial charge in [-0.3, -0.25) is 0 Å². The van der Waals surface area contributed by atoms with Crippen LogP contribution in [-0.2, 0) is 6.54 Å². The smallest absolute Gasteiger partial charge is 0.0390 e. The van der Waals surface area contributed by atoms with Crippen molar-refractivity contribution in [2.75, 3.05) is 0 Å². The Morgan fingerprint density at radius 3 is 2.17 bits per heavy atom. The zero-order chi connectivity index (χ0) is 9.03. The molecule has 0 amide bonds. The first-order valence-corrected chi connectivity index (χ1v) is 4.30. The lowest BCUT2D eigenvalue weighted by Crippen LogP contribution is -2.28. The summed E-state index contributed by atoms with van der Waals surface area (Å²) < 4.78 is 0. The molecule has 1 rings (SSSR count). The van der Waals surface area contributed by atoms with Gasteiger partial charge in [0.2, 0.25) is 0 Å². The van der Waals surface area contributed by atoms with Crippen LogP contribution in [0.3, 0.4) is 0 Å². The molecule has 65 valence electrons. The molecule has 0 aliphatic heterocycles.